The third-order valence-electron chi connectivity index (χ3n) is 0.203. The molecular weight excluding hydrogens is 87.0 g/mol. The first-order chi connectivity index (χ1) is 2.41. The number of hydrogen-bond donors (Lipinski definition) is 0. The summed E-state index contributed by atoms with van der Waals surface area (Å²) in [4.78, 5) is 0. The predicted molar refractivity (Wildman–Crippen MR) is 20.6 cm³/mol. The minimum Gasteiger partial charge on any atom is -0.148 e. The highest BCUT2D eigenvalue weighted by atomic mass is 31.1. The Morgan fingerprint density at radius 1 is 2.00 bits per heavy atom. The van der Waals surface area contributed by atoms with Crippen molar-refractivity contribution in [2.75, 3.05) is 6.61 Å². The Labute approximate surface area is 32.4 Å². The van der Waals surface area contributed by atoms with Gasteiger partial charge in [0.05, 0.1) is 6.61 Å². The van der Waals surface area contributed by atoms with Gasteiger partial charge in [0.25, 0.3) is 0 Å². The van der Waals surface area contributed by atoms with Crippen LogP contribution in [0.4, 0.5) is 0 Å². The van der Waals surface area contributed by atoms with Crippen LogP contribution in [0.25, 0.3) is 0 Å². The summed E-state index contributed by atoms with van der Waals surface area (Å²) in [6.45, 7) is 2.34. The van der Waals surface area contributed by atoms with Crippen LogP contribution in [0.3, 0.4) is 0 Å². The lowest BCUT2D eigenvalue weighted by Gasteiger charge is -1.62. The van der Waals surface area contributed by atoms with Crippen molar-refractivity contribution >= 4 is 8.69 Å². The van der Waals surface area contributed by atoms with Gasteiger partial charge in [0.15, 0.2) is 0 Å². The molecule has 0 aromatic carbocycles. The van der Waals surface area contributed by atoms with Crippen molar-refractivity contribution in [1.29, 1.82) is 0 Å². The second-order valence-corrected chi connectivity index (χ2v) is 0.972. The van der Waals surface area contributed by atoms with E-state index in [1.807, 2.05) is 0 Å². The van der Waals surface area contributed by atoms with Gasteiger partial charge in [-0.25, -0.2) is 0 Å². The smallest absolute Gasteiger partial charge is 0.148 e. The molecule has 0 aliphatic carbocycles. The fraction of sp³-hybridized carbons (Fsp3) is 1.00. The summed E-state index contributed by atoms with van der Waals surface area (Å²) in [5.74, 6) is 0. The molecule has 0 aliphatic rings. The molecule has 1 unspecified atom stereocenters. The average molecular weight is 93.0 g/mol. The van der Waals surface area contributed by atoms with Crippen molar-refractivity contribution < 1.29 is 9.09 Å². The monoisotopic (exact) mass is 93.0 g/mol. The molecule has 0 saturated carbocycles. The first-order valence-corrected chi connectivity index (χ1v) is 2.22. The fourth-order valence-corrected chi connectivity index (χ4v) is 0.177. The van der Waals surface area contributed by atoms with Gasteiger partial charge < -0.3 is 0 Å². The van der Waals surface area contributed by atoms with E-state index in [0.29, 0.717) is 6.61 Å². The lowest BCUT2D eigenvalue weighted by Crippen LogP contribution is -1.65. The minimum absolute atomic E-state index is 0.544. The molecule has 0 aromatic heterocycles. The van der Waals surface area contributed by atoms with Gasteiger partial charge in [0.1, 0.15) is 0 Å². The maximum absolute atomic E-state index is 9.34. The molecule has 0 rings (SSSR count). The Hall–Kier alpha value is 0.0600. The van der Waals surface area contributed by atoms with Gasteiger partial charge in [0, 0.05) is 0 Å². The van der Waals surface area contributed by atoms with Gasteiger partial charge in [-0.3, -0.25) is 0 Å². The Morgan fingerprint density at radius 3 is 2.60 bits per heavy atom. The molecule has 0 saturated heterocycles. The second kappa shape index (κ2) is 4.06. The zero-order valence-corrected chi connectivity index (χ0v) is 4.02. The van der Waals surface area contributed by atoms with Crippen LogP contribution in [-0.2, 0) is 9.09 Å². The first kappa shape index (κ1) is 5.06. The van der Waals surface area contributed by atoms with Gasteiger partial charge >= 0.3 is 8.69 Å². The molecule has 2 nitrogen and oxygen atoms in total. The molecule has 0 heterocycles. The van der Waals surface area contributed by atoms with Crippen LogP contribution in [0.15, 0.2) is 0 Å². The Morgan fingerprint density at radius 2 is 2.60 bits per heavy atom. The highest BCUT2D eigenvalue weighted by molar-refractivity contribution is 7.17. The highest BCUT2D eigenvalue weighted by Gasteiger charge is 1.76. The van der Waals surface area contributed by atoms with Crippen LogP contribution >= 0.6 is 8.69 Å². The molecular formula is C2H6O2P+. The topological polar surface area (TPSA) is 26.3 Å². The molecule has 0 spiro atoms. The quantitative estimate of drug-likeness (QED) is 0.475. The number of hydrogen-bond acceptors (Lipinski definition) is 2. The van der Waals surface area contributed by atoms with Gasteiger partial charge in [0.2, 0.25) is 0 Å². The molecule has 1 atom stereocenters. The van der Waals surface area contributed by atoms with Crippen molar-refractivity contribution in [3.05, 3.63) is 0 Å². The molecule has 0 aliphatic heterocycles. The van der Waals surface area contributed by atoms with E-state index in [4.69, 9.17) is 0 Å². The van der Waals surface area contributed by atoms with Gasteiger partial charge in [-0.2, -0.15) is 0 Å². The molecule has 0 radical (unpaired) electrons. The lowest BCUT2D eigenvalue weighted by molar-refractivity contribution is 0.365. The summed E-state index contributed by atoms with van der Waals surface area (Å²) in [5.41, 5.74) is 0. The van der Waals surface area contributed by atoms with E-state index < -0.39 is 8.69 Å². The summed E-state index contributed by atoms with van der Waals surface area (Å²) in [5, 5.41) is 0. The fourth-order valence-electron chi connectivity index (χ4n) is 0.0589. The largest absolute Gasteiger partial charge is 0.494 e. The van der Waals surface area contributed by atoms with Gasteiger partial charge in [-0.1, -0.05) is 0 Å². The molecule has 0 bridgehead atoms. The molecule has 5 heavy (non-hydrogen) atoms. The van der Waals surface area contributed by atoms with Crippen LogP contribution in [0.1, 0.15) is 6.92 Å². The third-order valence-corrected chi connectivity index (χ3v) is 0.610. The summed E-state index contributed by atoms with van der Waals surface area (Å²) in [6, 6.07) is 0. The van der Waals surface area contributed by atoms with Gasteiger partial charge in [-0.15, -0.1) is 4.52 Å². The predicted octanol–water partition coefficient (Wildman–Crippen LogP) is 0.962. The van der Waals surface area contributed by atoms with Crippen LogP contribution in [0.2, 0.25) is 0 Å². The summed E-state index contributed by atoms with van der Waals surface area (Å²) in [6.07, 6.45) is 0. The molecule has 0 fully saturated rings. The van der Waals surface area contributed by atoms with E-state index in [1.54, 1.807) is 6.92 Å². The SMILES string of the molecule is CCO[PH+]=O. The Balaban J connectivity index is 2.40. The molecule has 0 N–H and O–H groups in total. The van der Waals surface area contributed by atoms with E-state index >= 15 is 0 Å². The third kappa shape index (κ3) is 4.06. The first-order valence-electron chi connectivity index (χ1n) is 1.40. The standard InChI is InChI=1S/C2H6O2P/c1-2-4-5-3/h5H,2H2,1H3/q+1. The van der Waals surface area contributed by atoms with E-state index in [0.717, 1.165) is 0 Å². The second-order valence-electron chi connectivity index (χ2n) is 0.516. The summed E-state index contributed by atoms with van der Waals surface area (Å²) < 4.78 is 13.6. The van der Waals surface area contributed by atoms with Crippen molar-refractivity contribution in [3.63, 3.8) is 0 Å². The molecule has 0 amide bonds. The van der Waals surface area contributed by atoms with E-state index in [1.165, 1.54) is 0 Å². The molecule has 30 valence electrons. The van der Waals surface area contributed by atoms with Crippen LogP contribution in [-0.4, -0.2) is 6.61 Å². The minimum atomic E-state index is -0.592. The average Bonchev–Trinajstić information content (AvgIpc) is 1.41. The maximum atomic E-state index is 9.34. The van der Waals surface area contributed by atoms with E-state index in [9.17, 15) is 4.57 Å². The van der Waals surface area contributed by atoms with Crippen molar-refractivity contribution in [1.82, 2.24) is 0 Å². The Bertz CT molecular complexity index is 28.8. The molecule has 0 aromatic rings. The van der Waals surface area contributed by atoms with Crippen LogP contribution < -0.4 is 0 Å². The molecule has 3 heteroatoms. The highest BCUT2D eigenvalue weighted by Crippen LogP contribution is 1.89. The normalized spacial score (nSPS) is 9.00. The van der Waals surface area contributed by atoms with Gasteiger partial charge in [-0.05, 0) is 11.5 Å². The van der Waals surface area contributed by atoms with Crippen molar-refractivity contribution in [2.24, 2.45) is 0 Å². The lowest BCUT2D eigenvalue weighted by atomic mass is 10.9. The van der Waals surface area contributed by atoms with Crippen molar-refractivity contribution in [2.45, 2.75) is 6.92 Å². The zero-order chi connectivity index (χ0) is 4.12. The van der Waals surface area contributed by atoms with E-state index in [2.05, 4.69) is 4.52 Å². The maximum Gasteiger partial charge on any atom is 0.494 e. The van der Waals surface area contributed by atoms with Crippen molar-refractivity contribution in [3.8, 4) is 0 Å². The van der Waals surface area contributed by atoms with Crippen LogP contribution in [0.5, 0.6) is 0 Å². The summed E-state index contributed by atoms with van der Waals surface area (Å²) >= 11 is 0. The summed E-state index contributed by atoms with van der Waals surface area (Å²) in [7, 11) is -0.592. The van der Waals surface area contributed by atoms with Crippen LogP contribution in [0, 0.1) is 0 Å². The number of rotatable bonds is 2. The van der Waals surface area contributed by atoms with E-state index in [-0.39, 0.29) is 0 Å². The Kier molecular flexibility index (Phi) is 4.11. The zero-order valence-electron chi connectivity index (χ0n) is 3.02.